The molecule has 2 aromatic rings. The first-order valence-corrected chi connectivity index (χ1v) is 6.91. The fourth-order valence-electron chi connectivity index (χ4n) is 1.65. The Hall–Kier alpha value is -2.01. The lowest BCUT2D eigenvalue weighted by atomic mass is 10.2. The lowest BCUT2D eigenvalue weighted by Gasteiger charge is -2.07. The largest absolute Gasteiger partial charge is 0.494 e. The zero-order valence-corrected chi connectivity index (χ0v) is 11.5. The van der Waals surface area contributed by atoms with E-state index < -0.39 is 0 Å². The maximum atomic E-state index is 11.0. The van der Waals surface area contributed by atoms with Crippen LogP contribution in [-0.4, -0.2) is 12.5 Å². The van der Waals surface area contributed by atoms with E-state index in [1.165, 1.54) is 11.3 Å². The normalized spacial score (nSPS) is 10.2. The molecule has 0 bridgehead atoms. The Morgan fingerprint density at radius 3 is 2.95 bits per heavy atom. The molecule has 1 amide bonds. The van der Waals surface area contributed by atoms with E-state index in [-0.39, 0.29) is 5.91 Å². The molecule has 3 N–H and O–H groups in total. The summed E-state index contributed by atoms with van der Waals surface area (Å²) in [4.78, 5) is 12.1. The molecule has 0 saturated carbocycles. The summed E-state index contributed by atoms with van der Waals surface area (Å²) >= 11 is 1.52. The first kappa shape index (κ1) is 13.4. The van der Waals surface area contributed by atoms with Crippen molar-refractivity contribution in [3.05, 3.63) is 46.2 Å². The molecule has 0 saturated heterocycles. The van der Waals surface area contributed by atoms with Gasteiger partial charge < -0.3 is 15.8 Å². The number of rotatable bonds is 6. The number of hydrogen-bond donors (Lipinski definition) is 2. The number of amides is 1. The third-order valence-corrected chi connectivity index (χ3v) is 3.49. The minimum atomic E-state index is -0.388. The zero-order valence-electron chi connectivity index (χ0n) is 10.7. The molecule has 0 radical (unpaired) electrons. The van der Waals surface area contributed by atoms with Gasteiger partial charge in [-0.3, -0.25) is 4.79 Å². The Labute approximate surface area is 116 Å². The predicted molar refractivity (Wildman–Crippen MR) is 77.8 cm³/mol. The van der Waals surface area contributed by atoms with Crippen LogP contribution in [0.2, 0.25) is 0 Å². The number of primary amides is 1. The van der Waals surface area contributed by atoms with Crippen LogP contribution >= 0.6 is 11.3 Å². The smallest absolute Gasteiger partial charge is 0.249 e. The van der Waals surface area contributed by atoms with Crippen LogP contribution in [0.5, 0.6) is 5.75 Å². The van der Waals surface area contributed by atoms with Gasteiger partial charge in [0, 0.05) is 28.6 Å². The van der Waals surface area contributed by atoms with E-state index in [2.05, 4.69) is 5.32 Å². The molecule has 1 aromatic carbocycles. The molecular formula is C14H16N2O2S. The predicted octanol–water partition coefficient (Wildman–Crippen LogP) is 2.86. The highest BCUT2D eigenvalue weighted by Gasteiger charge is 2.04. The topological polar surface area (TPSA) is 64.3 Å². The molecule has 0 aliphatic carbocycles. The van der Waals surface area contributed by atoms with Crippen molar-refractivity contribution in [1.29, 1.82) is 0 Å². The molecule has 4 nitrogen and oxygen atoms in total. The van der Waals surface area contributed by atoms with Crippen molar-refractivity contribution in [3.8, 4) is 5.75 Å². The average molecular weight is 276 g/mol. The second kappa shape index (κ2) is 6.24. The summed E-state index contributed by atoms with van der Waals surface area (Å²) < 4.78 is 5.44. The molecule has 0 spiro atoms. The Kier molecular flexibility index (Phi) is 4.41. The number of hydrogen-bond acceptors (Lipinski definition) is 4. The molecule has 0 atom stereocenters. The summed E-state index contributed by atoms with van der Waals surface area (Å²) in [7, 11) is 0. The molecule has 2 rings (SSSR count). The Balaban J connectivity index is 1.97. The van der Waals surface area contributed by atoms with Gasteiger partial charge in [0.15, 0.2) is 0 Å². The number of carbonyl (C=O) groups is 1. The van der Waals surface area contributed by atoms with Gasteiger partial charge in [0.2, 0.25) is 5.91 Å². The van der Waals surface area contributed by atoms with Gasteiger partial charge in [-0.15, -0.1) is 11.3 Å². The maximum Gasteiger partial charge on any atom is 0.249 e. The second-order valence-electron chi connectivity index (χ2n) is 3.98. The molecule has 19 heavy (non-hydrogen) atoms. The van der Waals surface area contributed by atoms with Gasteiger partial charge in [0.1, 0.15) is 5.75 Å². The van der Waals surface area contributed by atoms with Gasteiger partial charge in [-0.1, -0.05) is 6.07 Å². The molecule has 5 heteroatoms. The number of carbonyl (C=O) groups excluding carboxylic acids is 1. The van der Waals surface area contributed by atoms with Crippen LogP contribution in [0, 0.1) is 0 Å². The van der Waals surface area contributed by atoms with Crippen LogP contribution in [0.15, 0.2) is 35.7 Å². The van der Waals surface area contributed by atoms with Crippen molar-refractivity contribution in [2.45, 2.75) is 13.5 Å². The summed E-state index contributed by atoms with van der Waals surface area (Å²) in [6, 6.07) is 9.60. The van der Waals surface area contributed by atoms with E-state index in [1.807, 2.05) is 37.3 Å². The van der Waals surface area contributed by atoms with Crippen molar-refractivity contribution in [2.75, 3.05) is 11.9 Å². The quantitative estimate of drug-likeness (QED) is 0.852. The minimum Gasteiger partial charge on any atom is -0.494 e. The van der Waals surface area contributed by atoms with Crippen molar-refractivity contribution < 1.29 is 9.53 Å². The van der Waals surface area contributed by atoms with Gasteiger partial charge in [-0.2, -0.15) is 0 Å². The van der Waals surface area contributed by atoms with Crippen LogP contribution < -0.4 is 15.8 Å². The lowest BCUT2D eigenvalue weighted by molar-refractivity contribution is 0.100. The number of anilines is 1. The van der Waals surface area contributed by atoms with Gasteiger partial charge in [-0.05, 0) is 25.1 Å². The monoisotopic (exact) mass is 276 g/mol. The third kappa shape index (κ3) is 3.72. The van der Waals surface area contributed by atoms with Crippen molar-refractivity contribution in [3.63, 3.8) is 0 Å². The van der Waals surface area contributed by atoms with Crippen LogP contribution in [0.3, 0.4) is 0 Å². The summed E-state index contributed by atoms with van der Waals surface area (Å²) in [6.07, 6.45) is 0. The molecule has 1 heterocycles. The van der Waals surface area contributed by atoms with E-state index in [1.54, 1.807) is 5.38 Å². The van der Waals surface area contributed by atoms with Crippen LogP contribution in [0.4, 0.5) is 5.69 Å². The summed E-state index contributed by atoms with van der Waals surface area (Å²) in [5.41, 5.74) is 6.76. The van der Waals surface area contributed by atoms with Gasteiger partial charge in [0.05, 0.1) is 12.2 Å². The fraction of sp³-hybridized carbons (Fsp3) is 0.214. The fourth-order valence-corrected chi connectivity index (χ4v) is 2.47. The zero-order chi connectivity index (χ0) is 13.7. The first-order chi connectivity index (χ1) is 9.19. The molecule has 0 unspecified atom stereocenters. The Bertz CT molecular complexity index is 566. The Morgan fingerprint density at radius 2 is 2.26 bits per heavy atom. The number of nitrogens with two attached hydrogens (primary N) is 1. The van der Waals surface area contributed by atoms with Crippen molar-refractivity contribution >= 4 is 22.9 Å². The highest BCUT2D eigenvalue weighted by atomic mass is 32.1. The van der Waals surface area contributed by atoms with Crippen LogP contribution in [-0.2, 0) is 6.54 Å². The van der Waals surface area contributed by atoms with E-state index >= 15 is 0 Å². The summed E-state index contributed by atoms with van der Waals surface area (Å²) in [5.74, 6) is 0.456. The number of benzene rings is 1. The van der Waals surface area contributed by atoms with E-state index in [4.69, 9.17) is 10.5 Å². The van der Waals surface area contributed by atoms with E-state index in [9.17, 15) is 4.79 Å². The van der Waals surface area contributed by atoms with Crippen LogP contribution in [0.1, 0.15) is 22.2 Å². The third-order valence-electron chi connectivity index (χ3n) is 2.55. The second-order valence-corrected chi connectivity index (χ2v) is 4.98. The average Bonchev–Trinajstić information content (AvgIpc) is 2.86. The van der Waals surface area contributed by atoms with Gasteiger partial charge in [-0.25, -0.2) is 0 Å². The SMILES string of the molecule is CCOc1cccc(NCc2cc(C(N)=O)cs2)c1. The van der Waals surface area contributed by atoms with Crippen molar-refractivity contribution in [2.24, 2.45) is 5.73 Å². The van der Waals surface area contributed by atoms with E-state index in [0.717, 1.165) is 16.3 Å². The number of ether oxygens (including phenoxy) is 1. The molecule has 0 aliphatic heterocycles. The van der Waals surface area contributed by atoms with Gasteiger partial charge >= 0.3 is 0 Å². The molecule has 100 valence electrons. The molecule has 0 fully saturated rings. The standard InChI is InChI=1S/C14H16N2O2S/c1-2-18-12-5-3-4-11(7-12)16-8-13-6-10(9-19-13)14(15)17/h3-7,9,16H,2,8H2,1H3,(H2,15,17). The molecule has 0 aliphatic rings. The van der Waals surface area contributed by atoms with Crippen molar-refractivity contribution in [1.82, 2.24) is 0 Å². The van der Waals surface area contributed by atoms with Gasteiger partial charge in [0.25, 0.3) is 0 Å². The number of nitrogens with one attached hydrogen (secondary N) is 1. The Morgan fingerprint density at radius 1 is 1.42 bits per heavy atom. The highest BCUT2D eigenvalue weighted by molar-refractivity contribution is 7.10. The number of thiophene rings is 1. The maximum absolute atomic E-state index is 11.0. The highest BCUT2D eigenvalue weighted by Crippen LogP contribution is 2.20. The first-order valence-electron chi connectivity index (χ1n) is 6.03. The summed E-state index contributed by atoms with van der Waals surface area (Å²) in [5, 5.41) is 5.06. The van der Waals surface area contributed by atoms with Crippen LogP contribution in [0.25, 0.3) is 0 Å². The molecular weight excluding hydrogens is 260 g/mol. The minimum absolute atomic E-state index is 0.388. The lowest BCUT2D eigenvalue weighted by Crippen LogP contribution is -2.09. The summed E-state index contributed by atoms with van der Waals surface area (Å²) in [6.45, 7) is 3.26. The molecule has 1 aromatic heterocycles. The van der Waals surface area contributed by atoms with E-state index in [0.29, 0.717) is 18.7 Å².